The number of benzene rings is 1. The molecule has 1 aromatic heterocycles. The molecule has 0 unspecified atom stereocenters. The Balaban J connectivity index is 2.38. The molecule has 0 radical (unpaired) electrons. The van der Waals surface area contributed by atoms with Crippen LogP contribution in [0.2, 0.25) is 0 Å². The molecule has 0 aliphatic heterocycles. The predicted octanol–water partition coefficient (Wildman–Crippen LogP) is 1.20. The smallest absolute Gasteiger partial charge is 0.250 e. The van der Waals surface area contributed by atoms with Crippen molar-refractivity contribution in [3.63, 3.8) is 0 Å². The van der Waals surface area contributed by atoms with Crippen LogP contribution in [0.5, 0.6) is 11.6 Å². The third-order valence-electron chi connectivity index (χ3n) is 2.51. The molecule has 0 fully saturated rings. The summed E-state index contributed by atoms with van der Waals surface area (Å²) in [4.78, 5) is 11.2. The number of rotatable bonds is 3. The van der Waals surface area contributed by atoms with Gasteiger partial charge in [0.05, 0.1) is 16.9 Å². The van der Waals surface area contributed by atoms with Gasteiger partial charge in [0, 0.05) is 13.1 Å². The first-order chi connectivity index (χ1) is 8.49. The number of hydrogen-bond donors (Lipinski definition) is 2. The lowest BCUT2D eigenvalue weighted by molar-refractivity contribution is 0.100. The summed E-state index contributed by atoms with van der Waals surface area (Å²) in [5.74, 6) is 0.342. The van der Waals surface area contributed by atoms with Crippen molar-refractivity contribution >= 4 is 11.6 Å². The van der Waals surface area contributed by atoms with Crippen LogP contribution in [0.15, 0.2) is 24.3 Å². The molecular weight excluding hydrogens is 232 g/mol. The van der Waals surface area contributed by atoms with E-state index in [1.165, 1.54) is 0 Å². The number of anilines is 1. The molecule has 6 nitrogen and oxygen atoms in total. The number of carbonyl (C=O) groups is 1. The third-order valence-corrected chi connectivity index (χ3v) is 2.51. The van der Waals surface area contributed by atoms with Crippen molar-refractivity contribution in [2.24, 2.45) is 12.8 Å². The fourth-order valence-electron chi connectivity index (χ4n) is 1.64. The molecule has 94 valence electrons. The highest BCUT2D eigenvalue weighted by molar-refractivity contribution is 5.99. The van der Waals surface area contributed by atoms with Crippen molar-refractivity contribution in [3.05, 3.63) is 35.5 Å². The Morgan fingerprint density at radius 3 is 2.72 bits per heavy atom. The first-order valence-corrected chi connectivity index (χ1v) is 5.36. The molecular formula is C12H14N4O2. The summed E-state index contributed by atoms with van der Waals surface area (Å²) >= 11 is 0. The zero-order valence-electron chi connectivity index (χ0n) is 10.2. The summed E-state index contributed by atoms with van der Waals surface area (Å²) in [6.07, 6.45) is 0. The van der Waals surface area contributed by atoms with Gasteiger partial charge in [0.2, 0.25) is 5.88 Å². The zero-order chi connectivity index (χ0) is 13.3. The number of nitrogen functional groups attached to an aromatic ring is 1. The van der Waals surface area contributed by atoms with Gasteiger partial charge < -0.3 is 16.2 Å². The molecule has 1 amide bonds. The van der Waals surface area contributed by atoms with E-state index in [-0.39, 0.29) is 11.3 Å². The highest BCUT2D eigenvalue weighted by Gasteiger charge is 2.12. The van der Waals surface area contributed by atoms with Crippen LogP contribution in [0.1, 0.15) is 16.1 Å². The minimum atomic E-state index is -0.584. The molecule has 0 spiro atoms. The Kier molecular flexibility index (Phi) is 2.93. The lowest BCUT2D eigenvalue weighted by Gasteiger charge is -2.10. The summed E-state index contributed by atoms with van der Waals surface area (Å²) in [6.45, 7) is 1.86. The average Bonchev–Trinajstić information content (AvgIpc) is 2.60. The maximum atomic E-state index is 11.2. The number of para-hydroxylation sites is 1. The fraction of sp³-hybridized carbons (Fsp3) is 0.167. The van der Waals surface area contributed by atoms with E-state index in [2.05, 4.69) is 5.10 Å². The third kappa shape index (κ3) is 2.13. The van der Waals surface area contributed by atoms with Crippen LogP contribution in [0.25, 0.3) is 0 Å². The van der Waals surface area contributed by atoms with Crippen molar-refractivity contribution in [1.82, 2.24) is 9.78 Å². The van der Waals surface area contributed by atoms with Gasteiger partial charge in [-0.25, -0.2) is 4.68 Å². The van der Waals surface area contributed by atoms with Gasteiger partial charge in [-0.1, -0.05) is 6.07 Å². The van der Waals surface area contributed by atoms with Crippen molar-refractivity contribution in [3.8, 4) is 11.6 Å². The topological polar surface area (TPSA) is 96.2 Å². The Morgan fingerprint density at radius 1 is 1.44 bits per heavy atom. The normalized spacial score (nSPS) is 10.3. The number of nitrogens with zero attached hydrogens (tertiary/aromatic N) is 2. The van der Waals surface area contributed by atoms with Gasteiger partial charge >= 0.3 is 0 Å². The van der Waals surface area contributed by atoms with E-state index >= 15 is 0 Å². The summed E-state index contributed by atoms with van der Waals surface area (Å²) in [5.41, 5.74) is 12.4. The number of ether oxygens (including phenoxy) is 1. The number of hydrogen-bond acceptors (Lipinski definition) is 4. The quantitative estimate of drug-likeness (QED) is 0.795. The van der Waals surface area contributed by atoms with Crippen LogP contribution in [0.3, 0.4) is 0 Å². The summed E-state index contributed by atoms with van der Waals surface area (Å²) in [7, 11) is 1.76. The van der Waals surface area contributed by atoms with E-state index in [9.17, 15) is 4.79 Å². The molecule has 18 heavy (non-hydrogen) atoms. The largest absolute Gasteiger partial charge is 0.437 e. The predicted molar refractivity (Wildman–Crippen MR) is 67.4 cm³/mol. The van der Waals surface area contributed by atoms with Crippen LogP contribution in [-0.4, -0.2) is 15.7 Å². The van der Waals surface area contributed by atoms with Gasteiger partial charge in [-0.2, -0.15) is 5.10 Å². The fourth-order valence-corrected chi connectivity index (χ4v) is 1.64. The monoisotopic (exact) mass is 246 g/mol. The minimum Gasteiger partial charge on any atom is -0.437 e. The van der Waals surface area contributed by atoms with Gasteiger partial charge in [-0.3, -0.25) is 4.79 Å². The lowest BCUT2D eigenvalue weighted by Crippen LogP contribution is -2.13. The Hall–Kier alpha value is -2.50. The molecule has 0 saturated carbocycles. The van der Waals surface area contributed by atoms with Gasteiger partial charge in [0.15, 0.2) is 5.75 Å². The van der Waals surface area contributed by atoms with Crippen LogP contribution in [0.4, 0.5) is 5.69 Å². The van der Waals surface area contributed by atoms with E-state index in [0.29, 0.717) is 11.6 Å². The number of amides is 1. The number of aryl methyl sites for hydroxylation is 2. The standard InChI is InChI=1S/C12H14N4O2/c1-7-6-10(16(2)15-7)18-9-5-3-4-8(11(9)13)12(14)17/h3-6H,13H2,1-2H3,(H2,14,17). The first-order valence-electron chi connectivity index (χ1n) is 5.36. The summed E-state index contributed by atoms with van der Waals surface area (Å²) in [6, 6.07) is 6.66. The van der Waals surface area contributed by atoms with Crippen LogP contribution in [0, 0.1) is 6.92 Å². The second-order valence-corrected chi connectivity index (χ2v) is 3.93. The SMILES string of the molecule is Cc1cc(Oc2cccc(C(N)=O)c2N)n(C)n1. The van der Waals surface area contributed by atoms with Gasteiger partial charge in [0.1, 0.15) is 0 Å². The summed E-state index contributed by atoms with van der Waals surface area (Å²) in [5, 5.41) is 4.15. The highest BCUT2D eigenvalue weighted by Crippen LogP contribution is 2.29. The number of primary amides is 1. The van der Waals surface area contributed by atoms with Crippen LogP contribution < -0.4 is 16.2 Å². The maximum Gasteiger partial charge on any atom is 0.250 e. The average molecular weight is 246 g/mol. The first kappa shape index (κ1) is 12.0. The Bertz CT molecular complexity index is 604. The molecule has 6 heteroatoms. The molecule has 0 bridgehead atoms. The Morgan fingerprint density at radius 2 is 2.17 bits per heavy atom. The van der Waals surface area contributed by atoms with Gasteiger partial charge in [-0.05, 0) is 19.1 Å². The lowest BCUT2D eigenvalue weighted by atomic mass is 10.1. The van der Waals surface area contributed by atoms with E-state index in [1.807, 2.05) is 6.92 Å². The van der Waals surface area contributed by atoms with Crippen LogP contribution in [-0.2, 0) is 7.05 Å². The van der Waals surface area contributed by atoms with Crippen molar-refractivity contribution in [2.75, 3.05) is 5.73 Å². The second kappa shape index (κ2) is 4.40. The zero-order valence-corrected chi connectivity index (χ0v) is 10.2. The number of carbonyl (C=O) groups excluding carboxylic acids is 1. The minimum absolute atomic E-state index is 0.226. The molecule has 1 aromatic carbocycles. The molecule has 4 N–H and O–H groups in total. The molecule has 0 saturated heterocycles. The van der Waals surface area contributed by atoms with E-state index in [4.69, 9.17) is 16.2 Å². The molecule has 0 aliphatic carbocycles. The number of aromatic nitrogens is 2. The van der Waals surface area contributed by atoms with E-state index in [1.54, 1.807) is 36.0 Å². The van der Waals surface area contributed by atoms with Gasteiger partial charge in [-0.15, -0.1) is 0 Å². The molecule has 1 heterocycles. The molecule has 0 aliphatic rings. The Labute approximate surface area is 104 Å². The van der Waals surface area contributed by atoms with Crippen molar-refractivity contribution in [2.45, 2.75) is 6.92 Å². The molecule has 0 atom stereocenters. The maximum absolute atomic E-state index is 11.2. The summed E-state index contributed by atoms with van der Waals surface area (Å²) < 4.78 is 7.21. The van der Waals surface area contributed by atoms with Gasteiger partial charge in [0.25, 0.3) is 5.91 Å². The molecule has 2 rings (SSSR count). The van der Waals surface area contributed by atoms with E-state index in [0.717, 1.165) is 5.69 Å². The number of nitrogens with two attached hydrogens (primary N) is 2. The van der Waals surface area contributed by atoms with E-state index < -0.39 is 5.91 Å². The van der Waals surface area contributed by atoms with Crippen molar-refractivity contribution in [1.29, 1.82) is 0 Å². The molecule has 2 aromatic rings. The van der Waals surface area contributed by atoms with Crippen molar-refractivity contribution < 1.29 is 9.53 Å². The van der Waals surface area contributed by atoms with Crippen LogP contribution >= 0.6 is 0 Å². The highest BCUT2D eigenvalue weighted by atomic mass is 16.5. The second-order valence-electron chi connectivity index (χ2n) is 3.93.